The lowest BCUT2D eigenvalue weighted by Crippen LogP contribution is -2.08. The smallest absolute Gasteiger partial charge is 0.339 e. The van der Waals surface area contributed by atoms with Gasteiger partial charge in [-0.3, -0.25) is 0 Å². The zero-order valence-electron chi connectivity index (χ0n) is 13.1. The summed E-state index contributed by atoms with van der Waals surface area (Å²) in [4.78, 5) is 12.5. The first-order chi connectivity index (χ1) is 11.6. The van der Waals surface area contributed by atoms with Gasteiger partial charge in [0.05, 0.1) is 5.56 Å². The van der Waals surface area contributed by atoms with Gasteiger partial charge < -0.3 is 16.2 Å². The van der Waals surface area contributed by atoms with Gasteiger partial charge in [0.2, 0.25) is 0 Å². The van der Waals surface area contributed by atoms with E-state index in [1.165, 1.54) is 0 Å². The van der Waals surface area contributed by atoms with Crippen LogP contribution in [0.2, 0.25) is 0 Å². The minimum atomic E-state index is -0.405. The number of nitrogens with two attached hydrogens (primary N) is 2. The Morgan fingerprint density at radius 1 is 0.833 bits per heavy atom. The summed E-state index contributed by atoms with van der Waals surface area (Å²) in [6.07, 6.45) is 0. The Hall–Kier alpha value is -3.27. The van der Waals surface area contributed by atoms with Crippen molar-refractivity contribution in [3.63, 3.8) is 0 Å². The summed E-state index contributed by atoms with van der Waals surface area (Å²) in [6, 6.07) is 22.1. The van der Waals surface area contributed by atoms with E-state index in [0.717, 1.165) is 16.7 Å². The number of carbonyl (C=O) groups is 1. The van der Waals surface area contributed by atoms with E-state index in [9.17, 15) is 4.79 Å². The Morgan fingerprint density at radius 2 is 1.50 bits per heavy atom. The van der Waals surface area contributed by atoms with Crippen molar-refractivity contribution in [1.29, 1.82) is 0 Å². The maximum Gasteiger partial charge on any atom is 0.339 e. The molecule has 3 aromatic rings. The van der Waals surface area contributed by atoms with Gasteiger partial charge in [-0.15, -0.1) is 0 Å². The molecule has 0 atom stereocenters. The van der Waals surface area contributed by atoms with Gasteiger partial charge in [-0.25, -0.2) is 4.79 Å². The molecule has 4 heteroatoms. The maximum atomic E-state index is 12.5. The van der Waals surface area contributed by atoms with Crippen LogP contribution in [0.15, 0.2) is 72.8 Å². The molecule has 3 aromatic carbocycles. The third kappa shape index (κ3) is 3.55. The van der Waals surface area contributed by atoms with Crippen molar-refractivity contribution in [2.75, 3.05) is 11.5 Å². The molecule has 0 aliphatic carbocycles. The number of ether oxygens (including phenoxy) is 1. The van der Waals surface area contributed by atoms with Gasteiger partial charge >= 0.3 is 5.97 Å². The maximum absolute atomic E-state index is 12.5. The summed E-state index contributed by atoms with van der Waals surface area (Å²) < 4.78 is 5.44. The number of hydrogen-bond acceptors (Lipinski definition) is 4. The molecule has 3 rings (SSSR count). The quantitative estimate of drug-likeness (QED) is 0.565. The van der Waals surface area contributed by atoms with Crippen molar-refractivity contribution in [2.45, 2.75) is 6.61 Å². The van der Waals surface area contributed by atoms with Gasteiger partial charge in [0, 0.05) is 11.4 Å². The van der Waals surface area contributed by atoms with Crippen molar-refractivity contribution < 1.29 is 9.53 Å². The van der Waals surface area contributed by atoms with Crippen LogP contribution in [0.5, 0.6) is 0 Å². The van der Waals surface area contributed by atoms with Crippen molar-refractivity contribution in [1.82, 2.24) is 0 Å². The molecule has 120 valence electrons. The number of carbonyl (C=O) groups excluding carboxylic acids is 1. The Bertz CT molecular complexity index is 843. The third-order valence-corrected chi connectivity index (χ3v) is 3.70. The van der Waals surface area contributed by atoms with Gasteiger partial charge in [-0.1, -0.05) is 48.5 Å². The number of esters is 1. The van der Waals surface area contributed by atoms with Crippen LogP contribution < -0.4 is 11.5 Å². The normalized spacial score (nSPS) is 10.3. The summed E-state index contributed by atoms with van der Waals surface area (Å²) in [5.74, 6) is -0.405. The molecule has 0 fully saturated rings. The fourth-order valence-corrected chi connectivity index (χ4v) is 2.45. The van der Waals surface area contributed by atoms with Crippen molar-refractivity contribution in [3.8, 4) is 11.1 Å². The number of hydrogen-bond donors (Lipinski definition) is 2. The summed E-state index contributed by atoms with van der Waals surface area (Å²) >= 11 is 0. The molecule has 4 nitrogen and oxygen atoms in total. The van der Waals surface area contributed by atoms with Crippen LogP contribution in [-0.4, -0.2) is 5.97 Å². The van der Waals surface area contributed by atoms with Gasteiger partial charge in [0.15, 0.2) is 0 Å². The van der Waals surface area contributed by atoms with Gasteiger partial charge in [0.1, 0.15) is 6.61 Å². The van der Waals surface area contributed by atoms with Crippen LogP contribution in [0.25, 0.3) is 11.1 Å². The summed E-state index contributed by atoms with van der Waals surface area (Å²) in [5.41, 5.74) is 15.8. The topological polar surface area (TPSA) is 78.3 Å². The minimum absolute atomic E-state index is 0.218. The van der Waals surface area contributed by atoms with E-state index in [4.69, 9.17) is 16.2 Å². The van der Waals surface area contributed by atoms with E-state index in [0.29, 0.717) is 16.9 Å². The van der Waals surface area contributed by atoms with E-state index in [1.807, 2.05) is 48.5 Å². The van der Waals surface area contributed by atoms with Crippen LogP contribution in [0, 0.1) is 0 Å². The van der Waals surface area contributed by atoms with E-state index in [2.05, 4.69) is 0 Å². The zero-order chi connectivity index (χ0) is 16.9. The highest BCUT2D eigenvalue weighted by Gasteiger charge is 2.15. The fraction of sp³-hybridized carbons (Fsp3) is 0.0500. The van der Waals surface area contributed by atoms with Crippen LogP contribution in [0.4, 0.5) is 11.4 Å². The van der Waals surface area contributed by atoms with E-state index in [-0.39, 0.29) is 6.61 Å². The molecule has 0 saturated carbocycles. The molecular weight excluding hydrogens is 300 g/mol. The first kappa shape index (κ1) is 15.6. The Labute approximate surface area is 140 Å². The monoisotopic (exact) mass is 318 g/mol. The lowest BCUT2D eigenvalue weighted by atomic mass is 9.99. The van der Waals surface area contributed by atoms with Gasteiger partial charge in [-0.05, 0) is 41.0 Å². The molecule has 0 amide bonds. The molecule has 0 heterocycles. The second-order valence-electron chi connectivity index (χ2n) is 5.49. The lowest BCUT2D eigenvalue weighted by Gasteiger charge is -2.11. The molecule has 0 aliphatic heterocycles. The number of nitrogen functional groups attached to an aromatic ring is 2. The highest BCUT2D eigenvalue weighted by atomic mass is 16.5. The second kappa shape index (κ2) is 6.87. The summed E-state index contributed by atoms with van der Waals surface area (Å²) in [5, 5.41) is 0. The number of rotatable bonds is 4. The zero-order valence-corrected chi connectivity index (χ0v) is 13.1. The third-order valence-electron chi connectivity index (χ3n) is 3.70. The lowest BCUT2D eigenvalue weighted by molar-refractivity contribution is 0.0473. The molecule has 0 unspecified atom stereocenters. The highest BCUT2D eigenvalue weighted by Crippen LogP contribution is 2.27. The SMILES string of the molecule is Nc1ccc(-c2ccc(N)cc2C(=O)OCc2ccccc2)cc1. The minimum Gasteiger partial charge on any atom is -0.457 e. The molecule has 0 aromatic heterocycles. The molecule has 0 aliphatic rings. The van der Waals surface area contributed by atoms with Crippen molar-refractivity contribution in [2.24, 2.45) is 0 Å². The molecule has 0 bridgehead atoms. The first-order valence-electron chi connectivity index (χ1n) is 7.60. The molecule has 24 heavy (non-hydrogen) atoms. The molecule has 0 saturated heterocycles. The predicted molar refractivity (Wildman–Crippen MR) is 96.3 cm³/mol. The average Bonchev–Trinajstić information content (AvgIpc) is 2.61. The average molecular weight is 318 g/mol. The van der Waals surface area contributed by atoms with E-state index in [1.54, 1.807) is 24.3 Å². The molecule has 4 N–H and O–H groups in total. The van der Waals surface area contributed by atoms with E-state index < -0.39 is 5.97 Å². The Morgan fingerprint density at radius 3 is 2.21 bits per heavy atom. The van der Waals surface area contributed by atoms with Crippen LogP contribution >= 0.6 is 0 Å². The van der Waals surface area contributed by atoms with Gasteiger partial charge in [-0.2, -0.15) is 0 Å². The van der Waals surface area contributed by atoms with Crippen LogP contribution in [0.3, 0.4) is 0 Å². The van der Waals surface area contributed by atoms with Gasteiger partial charge in [0.25, 0.3) is 0 Å². The fourth-order valence-electron chi connectivity index (χ4n) is 2.45. The van der Waals surface area contributed by atoms with Crippen LogP contribution in [-0.2, 0) is 11.3 Å². The second-order valence-corrected chi connectivity index (χ2v) is 5.49. The Balaban J connectivity index is 1.87. The van der Waals surface area contributed by atoms with Crippen molar-refractivity contribution in [3.05, 3.63) is 83.9 Å². The number of anilines is 2. The van der Waals surface area contributed by atoms with Crippen molar-refractivity contribution >= 4 is 17.3 Å². The predicted octanol–water partition coefficient (Wildman–Crippen LogP) is 3.88. The Kier molecular flexibility index (Phi) is 4.47. The van der Waals surface area contributed by atoms with Crippen LogP contribution in [0.1, 0.15) is 15.9 Å². The standard InChI is InChI=1S/C20H18N2O2/c21-16-8-6-15(7-9-16)18-11-10-17(22)12-19(18)20(23)24-13-14-4-2-1-3-5-14/h1-12H,13,21-22H2. The molecule has 0 spiro atoms. The van der Waals surface area contributed by atoms with E-state index >= 15 is 0 Å². The summed E-state index contributed by atoms with van der Waals surface area (Å²) in [6.45, 7) is 0.218. The first-order valence-corrected chi connectivity index (χ1v) is 7.60. The largest absolute Gasteiger partial charge is 0.457 e. The summed E-state index contributed by atoms with van der Waals surface area (Å²) in [7, 11) is 0. The molecule has 0 radical (unpaired) electrons. The number of benzene rings is 3. The molecular formula is C20H18N2O2. The highest BCUT2D eigenvalue weighted by molar-refractivity contribution is 5.98.